The Morgan fingerprint density at radius 2 is 1.76 bits per heavy atom. The van der Waals surface area contributed by atoms with Crippen LogP contribution in [0.4, 0.5) is 13.2 Å². The highest BCUT2D eigenvalue weighted by atomic mass is 19.1. The first kappa shape index (κ1) is 17.9. The molecule has 1 saturated heterocycles. The molecule has 1 atom stereocenters. The summed E-state index contributed by atoms with van der Waals surface area (Å²) < 4.78 is 46.0. The zero-order chi connectivity index (χ0) is 17.6. The van der Waals surface area contributed by atoms with Gasteiger partial charge in [0.15, 0.2) is 0 Å². The summed E-state index contributed by atoms with van der Waals surface area (Å²) in [7, 11) is 0. The zero-order valence-electron chi connectivity index (χ0n) is 13.9. The molecule has 1 fully saturated rings. The first-order chi connectivity index (χ1) is 12.1. The highest BCUT2D eigenvalue weighted by Gasteiger charge is 2.22. The number of nitrogens with one attached hydrogen (secondary N) is 1. The fraction of sp³-hybridized carbons (Fsp3) is 0.368. The summed E-state index contributed by atoms with van der Waals surface area (Å²) in [5, 5.41) is 3.17. The Kier molecular flexibility index (Phi) is 6.07. The number of halogens is 3. The predicted molar refractivity (Wildman–Crippen MR) is 89.6 cm³/mol. The number of ether oxygens (including phenoxy) is 1. The lowest BCUT2D eigenvalue weighted by molar-refractivity contribution is 0.0160. The van der Waals surface area contributed by atoms with E-state index in [-0.39, 0.29) is 24.0 Å². The number of morpholine rings is 1. The fourth-order valence-corrected chi connectivity index (χ4v) is 3.08. The molecule has 0 amide bonds. The van der Waals surface area contributed by atoms with E-state index >= 15 is 0 Å². The minimum absolute atomic E-state index is 0.0591. The van der Waals surface area contributed by atoms with E-state index in [2.05, 4.69) is 10.2 Å². The fourth-order valence-electron chi connectivity index (χ4n) is 3.08. The van der Waals surface area contributed by atoms with Crippen molar-refractivity contribution in [1.82, 2.24) is 10.2 Å². The molecule has 2 aromatic rings. The van der Waals surface area contributed by atoms with E-state index in [9.17, 15) is 13.2 Å². The van der Waals surface area contributed by atoms with Gasteiger partial charge in [-0.1, -0.05) is 12.1 Å². The molecule has 1 aliphatic heterocycles. The molecule has 1 heterocycles. The minimum Gasteiger partial charge on any atom is -0.379 e. The molecule has 3 rings (SSSR count). The van der Waals surface area contributed by atoms with E-state index in [1.54, 1.807) is 6.07 Å². The van der Waals surface area contributed by atoms with Crippen molar-refractivity contribution in [2.45, 2.75) is 12.6 Å². The van der Waals surface area contributed by atoms with Gasteiger partial charge in [0.05, 0.1) is 13.2 Å². The van der Waals surface area contributed by atoms with Gasteiger partial charge in [-0.2, -0.15) is 0 Å². The van der Waals surface area contributed by atoms with Crippen LogP contribution in [-0.4, -0.2) is 37.7 Å². The number of hydrogen-bond acceptors (Lipinski definition) is 3. The quantitative estimate of drug-likeness (QED) is 0.865. The van der Waals surface area contributed by atoms with Crippen LogP contribution >= 0.6 is 0 Å². The molecule has 1 aliphatic rings. The zero-order valence-corrected chi connectivity index (χ0v) is 13.9. The van der Waals surface area contributed by atoms with E-state index < -0.39 is 11.6 Å². The molecule has 134 valence electrons. The first-order valence-corrected chi connectivity index (χ1v) is 8.35. The minimum atomic E-state index is -0.465. The summed E-state index contributed by atoms with van der Waals surface area (Å²) in [4.78, 5) is 2.22. The normalized spacial score (nSPS) is 16.8. The summed E-state index contributed by atoms with van der Waals surface area (Å²) in [5.41, 5.74) is 1.13. The van der Waals surface area contributed by atoms with Crippen LogP contribution in [0.3, 0.4) is 0 Å². The molecule has 2 aromatic carbocycles. The van der Waals surface area contributed by atoms with Crippen LogP contribution in [0.1, 0.15) is 17.2 Å². The summed E-state index contributed by atoms with van der Waals surface area (Å²) in [6.45, 7) is 3.46. The van der Waals surface area contributed by atoms with Crippen LogP contribution in [-0.2, 0) is 11.3 Å². The molecule has 0 spiro atoms. The van der Waals surface area contributed by atoms with Crippen molar-refractivity contribution in [1.29, 1.82) is 0 Å². The average molecular weight is 350 g/mol. The van der Waals surface area contributed by atoms with Gasteiger partial charge in [0.1, 0.15) is 17.5 Å². The van der Waals surface area contributed by atoms with Gasteiger partial charge in [-0.15, -0.1) is 0 Å². The van der Waals surface area contributed by atoms with Gasteiger partial charge < -0.3 is 10.1 Å². The smallest absolute Gasteiger partial charge is 0.127 e. The Hall–Kier alpha value is -1.89. The lowest BCUT2D eigenvalue weighted by Crippen LogP contribution is -2.42. The average Bonchev–Trinajstić information content (AvgIpc) is 2.62. The molecule has 0 saturated carbocycles. The van der Waals surface area contributed by atoms with Crippen molar-refractivity contribution in [2.24, 2.45) is 0 Å². The molecule has 0 aromatic heterocycles. The van der Waals surface area contributed by atoms with Gasteiger partial charge in [-0.25, -0.2) is 13.2 Å². The van der Waals surface area contributed by atoms with Crippen molar-refractivity contribution >= 4 is 0 Å². The molecule has 1 N–H and O–H groups in total. The molecular formula is C19H21F3N2O. The predicted octanol–water partition coefficient (Wildman–Crippen LogP) is 3.27. The van der Waals surface area contributed by atoms with Gasteiger partial charge in [0, 0.05) is 37.8 Å². The van der Waals surface area contributed by atoms with Crippen LogP contribution in [0.25, 0.3) is 0 Å². The number of benzene rings is 2. The number of nitrogens with zero attached hydrogens (tertiary/aromatic N) is 1. The van der Waals surface area contributed by atoms with Crippen LogP contribution in [0.2, 0.25) is 0 Å². The van der Waals surface area contributed by atoms with Crippen LogP contribution in [0.15, 0.2) is 42.5 Å². The highest BCUT2D eigenvalue weighted by molar-refractivity contribution is 5.22. The second-order valence-electron chi connectivity index (χ2n) is 6.09. The maximum atomic E-state index is 13.7. The van der Waals surface area contributed by atoms with Gasteiger partial charge >= 0.3 is 0 Å². The third-order valence-electron chi connectivity index (χ3n) is 4.38. The third-order valence-corrected chi connectivity index (χ3v) is 4.38. The highest BCUT2D eigenvalue weighted by Crippen LogP contribution is 2.22. The third kappa shape index (κ3) is 4.81. The molecular weight excluding hydrogens is 329 g/mol. The lowest BCUT2D eigenvalue weighted by atomic mass is 10.0. The van der Waals surface area contributed by atoms with Gasteiger partial charge in [0.2, 0.25) is 0 Å². The topological polar surface area (TPSA) is 24.5 Å². The molecule has 0 radical (unpaired) electrons. The van der Waals surface area contributed by atoms with Crippen molar-refractivity contribution < 1.29 is 17.9 Å². The van der Waals surface area contributed by atoms with Crippen LogP contribution in [0, 0.1) is 17.5 Å². The Morgan fingerprint density at radius 3 is 2.52 bits per heavy atom. The van der Waals surface area contributed by atoms with Crippen molar-refractivity contribution in [3.05, 3.63) is 71.0 Å². The Labute approximate surface area is 145 Å². The second kappa shape index (κ2) is 8.47. The van der Waals surface area contributed by atoms with Gasteiger partial charge in [0.25, 0.3) is 0 Å². The molecule has 25 heavy (non-hydrogen) atoms. The molecule has 6 heteroatoms. The van der Waals surface area contributed by atoms with Crippen molar-refractivity contribution in [3.63, 3.8) is 0 Å². The Bertz CT molecular complexity index is 705. The molecule has 3 nitrogen and oxygen atoms in total. The number of hydrogen-bond donors (Lipinski definition) is 1. The monoisotopic (exact) mass is 350 g/mol. The molecule has 0 aliphatic carbocycles. The van der Waals surface area contributed by atoms with Gasteiger partial charge in [-0.3, -0.25) is 4.90 Å². The lowest BCUT2D eigenvalue weighted by Gasteiger charge is -2.35. The number of rotatable bonds is 6. The largest absolute Gasteiger partial charge is 0.379 e. The van der Waals surface area contributed by atoms with Crippen LogP contribution < -0.4 is 5.32 Å². The maximum Gasteiger partial charge on any atom is 0.127 e. The van der Waals surface area contributed by atoms with Crippen molar-refractivity contribution in [2.75, 3.05) is 32.8 Å². The van der Waals surface area contributed by atoms with E-state index in [0.29, 0.717) is 19.8 Å². The second-order valence-corrected chi connectivity index (χ2v) is 6.09. The van der Waals surface area contributed by atoms with E-state index in [4.69, 9.17) is 4.74 Å². The SMILES string of the molecule is Fc1cccc(C(CNCc2cc(F)ccc2F)N2CCOCC2)c1. The molecule has 0 bridgehead atoms. The molecule has 1 unspecified atom stereocenters. The standard InChI is InChI=1S/C19H21F3N2O/c20-16-3-1-2-14(10-16)19(24-6-8-25-9-7-24)13-23-12-15-11-17(21)4-5-18(15)22/h1-5,10-11,19,23H,6-9,12-13H2. The summed E-state index contributed by atoms with van der Waals surface area (Å²) >= 11 is 0. The summed E-state index contributed by atoms with van der Waals surface area (Å²) in [6.07, 6.45) is 0. The van der Waals surface area contributed by atoms with E-state index in [0.717, 1.165) is 30.8 Å². The summed E-state index contributed by atoms with van der Waals surface area (Å²) in [5.74, 6) is -1.19. The Morgan fingerprint density at radius 1 is 1.00 bits per heavy atom. The van der Waals surface area contributed by atoms with E-state index in [1.807, 2.05) is 6.07 Å². The van der Waals surface area contributed by atoms with Crippen LogP contribution in [0.5, 0.6) is 0 Å². The van der Waals surface area contributed by atoms with E-state index in [1.165, 1.54) is 18.2 Å². The summed E-state index contributed by atoms with van der Waals surface area (Å²) in [6, 6.07) is 9.85. The Balaban J connectivity index is 1.70. The first-order valence-electron chi connectivity index (χ1n) is 8.35. The van der Waals surface area contributed by atoms with Gasteiger partial charge in [-0.05, 0) is 35.9 Å². The van der Waals surface area contributed by atoms with Crippen molar-refractivity contribution in [3.8, 4) is 0 Å². The maximum absolute atomic E-state index is 13.7.